The van der Waals surface area contributed by atoms with Gasteiger partial charge in [-0.2, -0.15) is 9.36 Å². The molecule has 2 bridgehead atoms. The van der Waals surface area contributed by atoms with Crippen molar-refractivity contribution < 1.29 is 46.7 Å². The average molecular weight is 706 g/mol. The largest absolute Gasteiger partial charge is 0.472 e. The van der Waals surface area contributed by atoms with E-state index in [9.17, 15) is 23.9 Å². The molecule has 20 nitrogen and oxygen atoms in total. The smallest absolute Gasteiger partial charge is 0.387 e. The van der Waals surface area contributed by atoms with Crippen LogP contribution in [0, 0.1) is 5.92 Å². The highest BCUT2D eigenvalue weighted by atomic mass is 32.7. The molecule has 4 aromatic heterocycles. The lowest BCUT2D eigenvalue weighted by atomic mass is 10.0. The van der Waals surface area contributed by atoms with Crippen molar-refractivity contribution in [2.45, 2.75) is 49.8 Å². The number of H-pyrrole nitrogens is 1. The Morgan fingerprint density at radius 2 is 1.84 bits per heavy atom. The lowest BCUT2D eigenvalue weighted by Gasteiger charge is -2.26. The minimum atomic E-state index is -4.90. The summed E-state index contributed by atoms with van der Waals surface area (Å²) in [6, 6.07) is 0. The van der Waals surface area contributed by atoms with Crippen molar-refractivity contribution in [2.24, 2.45) is 5.92 Å². The van der Waals surface area contributed by atoms with Crippen LogP contribution in [0.2, 0.25) is 0 Å². The quantitative estimate of drug-likeness (QED) is 0.123. The highest BCUT2D eigenvalue weighted by Crippen LogP contribution is 2.59. The van der Waals surface area contributed by atoms with Crippen LogP contribution in [0.5, 0.6) is 0 Å². The number of phosphoric acid groups is 1. The van der Waals surface area contributed by atoms with Crippen molar-refractivity contribution >= 4 is 72.4 Å². The van der Waals surface area contributed by atoms with E-state index in [-0.39, 0.29) is 35.1 Å². The Balaban J connectivity index is 1.21. The summed E-state index contributed by atoms with van der Waals surface area (Å²) < 4.78 is 66.7. The van der Waals surface area contributed by atoms with Crippen LogP contribution in [0.4, 0.5) is 11.8 Å². The van der Waals surface area contributed by atoms with Crippen molar-refractivity contribution in [2.75, 3.05) is 24.7 Å². The summed E-state index contributed by atoms with van der Waals surface area (Å²) in [5, 5.41) is 11.3. The summed E-state index contributed by atoms with van der Waals surface area (Å²) in [5.41, 5.74) is 11.6. The van der Waals surface area contributed by atoms with E-state index < -0.39 is 75.6 Å². The third-order valence-electron chi connectivity index (χ3n) is 7.65. The first-order chi connectivity index (χ1) is 21.3. The predicted octanol–water partition coefficient (Wildman–Crippen LogP) is 0.674. The SMILES string of the molecule is C[C@H]1[C@H]2OP(=O)(O)OC[C@H]3O[C@@H](c4snc5c(N)ncnc45)[C@H](O)[C@@H]3O[P@](=O)(S)OC[C@H]1O[C@H]2n1cnc2c(=O)[nH]c(N)nc21. The van der Waals surface area contributed by atoms with Crippen LogP contribution in [0.25, 0.3) is 22.2 Å². The summed E-state index contributed by atoms with van der Waals surface area (Å²) in [4.78, 5) is 42.1. The molecular weight excluding hydrogens is 680 g/mol. The number of nitrogens with zero attached hydrogens (tertiary/aromatic N) is 6. The van der Waals surface area contributed by atoms with Crippen molar-refractivity contribution in [3.05, 3.63) is 27.9 Å². The monoisotopic (exact) mass is 705 g/mol. The second kappa shape index (κ2) is 11.3. The molecule has 10 atom stereocenters. The molecule has 7 N–H and O–H groups in total. The fraction of sp³-hybridized carbons (Fsp3) is 0.524. The van der Waals surface area contributed by atoms with Crippen LogP contribution in [0.15, 0.2) is 17.4 Å². The van der Waals surface area contributed by atoms with Gasteiger partial charge in [0.25, 0.3) is 5.56 Å². The molecule has 3 aliphatic heterocycles. The first-order valence-electron chi connectivity index (χ1n) is 13.2. The molecule has 0 amide bonds. The standard InChI is InChI=1S/C21H25N9O11P2S2/c1-6-7-2-37-43(35,44)41-14-8(38-15(12(14)31)16-9-10(29-45-16)17(22)25-4-24-9)3-36-42(33,34)40-13(6)20(39-7)30-5-26-11-18(30)27-21(23)28-19(11)32/h4-8,12-15,20,31H,2-3H2,1H3,(H,33,34)(H,35,44)(H2,22,24,25)(H3,23,27,28,32)/t6-,7-,8-,12-,13-,14-,15-,20-,43-/m1/s1. The molecule has 0 spiro atoms. The van der Waals surface area contributed by atoms with Crippen LogP contribution in [-0.2, 0) is 36.7 Å². The molecule has 7 heterocycles. The molecule has 7 rings (SSSR count). The van der Waals surface area contributed by atoms with E-state index in [1.807, 2.05) is 0 Å². The number of fused-ring (bicyclic) bond motifs is 5. The van der Waals surface area contributed by atoms with Crippen molar-refractivity contribution in [3.63, 3.8) is 0 Å². The van der Waals surface area contributed by atoms with E-state index in [0.717, 1.165) is 11.5 Å². The molecule has 3 aliphatic rings. The first-order valence-corrected chi connectivity index (χ1v) is 18.2. The molecule has 4 aromatic rings. The Labute approximate surface area is 260 Å². The van der Waals surface area contributed by atoms with Gasteiger partial charge in [0.05, 0.1) is 30.5 Å². The molecule has 242 valence electrons. The average Bonchev–Trinajstić information content (AvgIpc) is 3.72. The van der Waals surface area contributed by atoms with Gasteiger partial charge in [-0.1, -0.05) is 19.2 Å². The number of aromatic nitrogens is 7. The van der Waals surface area contributed by atoms with Gasteiger partial charge in [0.1, 0.15) is 47.9 Å². The van der Waals surface area contributed by atoms with Gasteiger partial charge in [0.15, 0.2) is 23.2 Å². The maximum atomic E-state index is 13.5. The van der Waals surface area contributed by atoms with Crippen LogP contribution < -0.4 is 17.0 Å². The number of hydrogen-bond donors (Lipinski definition) is 6. The fourth-order valence-corrected chi connectivity index (χ4v) is 8.85. The van der Waals surface area contributed by atoms with Crippen LogP contribution >= 0.6 is 38.4 Å². The topological polar surface area (TPSA) is 284 Å². The van der Waals surface area contributed by atoms with E-state index >= 15 is 0 Å². The number of thiol groups is 1. The maximum absolute atomic E-state index is 13.5. The number of nitrogens with two attached hydrogens (primary N) is 2. The Morgan fingerprint density at radius 1 is 1.07 bits per heavy atom. The lowest BCUT2D eigenvalue weighted by molar-refractivity contribution is -0.0578. The Bertz CT molecular complexity index is 1940. The predicted molar refractivity (Wildman–Crippen MR) is 157 cm³/mol. The normalized spacial score (nSPS) is 37.7. The zero-order chi connectivity index (χ0) is 31.8. The number of nitrogens with one attached hydrogen (secondary N) is 1. The van der Waals surface area contributed by atoms with E-state index in [1.54, 1.807) is 6.92 Å². The molecule has 0 radical (unpaired) electrons. The summed E-state index contributed by atoms with van der Waals surface area (Å²) in [7, 11) is -4.90. The van der Waals surface area contributed by atoms with Crippen molar-refractivity contribution in [1.82, 2.24) is 33.9 Å². The zero-order valence-corrected chi connectivity index (χ0v) is 26.3. The number of hydrogen-bond acceptors (Lipinski definition) is 18. The number of anilines is 2. The summed E-state index contributed by atoms with van der Waals surface area (Å²) in [6.07, 6.45) is -6.17. The number of aliphatic hydroxyl groups is 1. The van der Waals surface area contributed by atoms with Crippen LogP contribution in [0.3, 0.4) is 0 Å². The van der Waals surface area contributed by atoms with Crippen molar-refractivity contribution in [3.8, 4) is 0 Å². The fourth-order valence-electron chi connectivity index (χ4n) is 5.45. The van der Waals surface area contributed by atoms with Gasteiger partial charge < -0.3 is 30.9 Å². The molecule has 3 fully saturated rings. The second-order valence-electron chi connectivity index (χ2n) is 10.5. The Morgan fingerprint density at radius 3 is 2.64 bits per heavy atom. The zero-order valence-electron chi connectivity index (χ0n) is 22.8. The Hall–Kier alpha value is -2.59. The maximum Gasteiger partial charge on any atom is 0.472 e. The lowest BCUT2D eigenvalue weighted by Crippen LogP contribution is -2.35. The molecule has 0 saturated carbocycles. The van der Waals surface area contributed by atoms with Crippen LogP contribution in [0.1, 0.15) is 24.1 Å². The summed E-state index contributed by atoms with van der Waals surface area (Å²) in [5.74, 6) is -0.773. The highest BCUT2D eigenvalue weighted by Gasteiger charge is 2.53. The minimum Gasteiger partial charge on any atom is -0.387 e. The molecule has 45 heavy (non-hydrogen) atoms. The number of ether oxygens (including phenoxy) is 2. The number of imidazole rings is 1. The van der Waals surface area contributed by atoms with E-state index in [2.05, 4.69) is 41.5 Å². The van der Waals surface area contributed by atoms with Gasteiger partial charge in [-0.3, -0.25) is 32.4 Å². The number of phosphoric ester groups is 1. The van der Waals surface area contributed by atoms with E-state index in [4.69, 9.17) is 39.0 Å². The van der Waals surface area contributed by atoms with E-state index in [0.29, 0.717) is 10.4 Å². The summed E-state index contributed by atoms with van der Waals surface area (Å²) in [6.45, 7) is -3.65. The molecule has 3 saturated heterocycles. The summed E-state index contributed by atoms with van der Waals surface area (Å²) >= 11 is 5.05. The molecule has 24 heteroatoms. The first kappa shape index (κ1) is 31.0. The highest BCUT2D eigenvalue weighted by molar-refractivity contribution is 8.44. The van der Waals surface area contributed by atoms with E-state index in [1.165, 1.54) is 17.2 Å². The molecule has 0 aromatic carbocycles. The third kappa shape index (κ3) is 5.57. The third-order valence-corrected chi connectivity index (χ3v) is 11.1. The van der Waals surface area contributed by atoms with Crippen molar-refractivity contribution in [1.29, 1.82) is 0 Å². The van der Waals surface area contributed by atoms with Gasteiger partial charge in [-0.15, -0.1) is 0 Å². The number of nitrogen functional groups attached to an aromatic ring is 2. The molecule has 1 unspecified atom stereocenters. The second-order valence-corrected chi connectivity index (χ2v) is 15.5. The van der Waals surface area contributed by atoms with Gasteiger partial charge in [0, 0.05) is 5.92 Å². The van der Waals surface area contributed by atoms with Crippen LogP contribution in [-0.4, -0.2) is 87.6 Å². The molecule has 0 aliphatic carbocycles. The van der Waals surface area contributed by atoms with Gasteiger partial charge >= 0.3 is 14.6 Å². The number of aliphatic hydroxyl groups excluding tert-OH is 1. The van der Waals surface area contributed by atoms with Gasteiger partial charge in [0.2, 0.25) is 5.95 Å². The van der Waals surface area contributed by atoms with Gasteiger partial charge in [-0.05, 0) is 11.5 Å². The minimum absolute atomic E-state index is 0.0199. The Kier molecular flexibility index (Phi) is 7.78. The van der Waals surface area contributed by atoms with Gasteiger partial charge in [-0.25, -0.2) is 24.1 Å². The number of rotatable bonds is 2. The number of aromatic amines is 1. The molecular formula is C21H25N9O11P2S2.